The average molecular weight is 294 g/mol. The summed E-state index contributed by atoms with van der Waals surface area (Å²) in [7, 11) is 1.69. The molecule has 0 aliphatic carbocycles. The molecule has 1 aliphatic heterocycles. The summed E-state index contributed by atoms with van der Waals surface area (Å²) >= 11 is 0. The Bertz CT molecular complexity index is 439. The standard InChI is InChI=1S/C17H27FN2O/c1-3-14-5-4-9-20(13-14)17-7-6-16(18)11-15(17)12-19-8-10-21-2/h6-7,11,14,19H,3-5,8-10,12-13H2,1-2H3. The van der Waals surface area contributed by atoms with Gasteiger partial charge in [-0.3, -0.25) is 0 Å². The summed E-state index contributed by atoms with van der Waals surface area (Å²) in [5.41, 5.74) is 2.22. The first-order valence-electron chi connectivity index (χ1n) is 7.97. The van der Waals surface area contributed by atoms with E-state index in [0.717, 1.165) is 31.1 Å². The van der Waals surface area contributed by atoms with Gasteiger partial charge in [0.25, 0.3) is 0 Å². The number of piperidine rings is 1. The first kappa shape index (κ1) is 16.2. The molecular formula is C17H27FN2O. The van der Waals surface area contributed by atoms with Gasteiger partial charge in [0.15, 0.2) is 0 Å². The SMILES string of the molecule is CCC1CCCN(c2ccc(F)cc2CNCCOC)C1. The van der Waals surface area contributed by atoms with Crippen molar-refractivity contribution in [2.45, 2.75) is 32.7 Å². The lowest BCUT2D eigenvalue weighted by atomic mass is 9.94. The molecule has 0 saturated carbocycles. The number of halogens is 1. The maximum absolute atomic E-state index is 13.6. The molecule has 0 aromatic heterocycles. The minimum Gasteiger partial charge on any atom is -0.383 e. The molecule has 0 radical (unpaired) electrons. The van der Waals surface area contributed by atoms with E-state index in [1.165, 1.54) is 24.9 Å². The van der Waals surface area contributed by atoms with Crippen molar-refractivity contribution in [3.63, 3.8) is 0 Å². The predicted octanol–water partition coefficient (Wildman–Crippen LogP) is 3.19. The molecular weight excluding hydrogens is 267 g/mol. The zero-order chi connectivity index (χ0) is 15.1. The third kappa shape index (κ3) is 4.68. The van der Waals surface area contributed by atoms with Crippen LogP contribution in [0.15, 0.2) is 18.2 Å². The maximum Gasteiger partial charge on any atom is 0.123 e. The lowest BCUT2D eigenvalue weighted by Crippen LogP contribution is -2.36. The average Bonchev–Trinajstić information content (AvgIpc) is 2.52. The summed E-state index contributed by atoms with van der Waals surface area (Å²) < 4.78 is 18.6. The van der Waals surface area contributed by atoms with Crippen molar-refractivity contribution in [1.29, 1.82) is 0 Å². The van der Waals surface area contributed by atoms with Gasteiger partial charge in [0, 0.05) is 39.0 Å². The van der Waals surface area contributed by atoms with Crippen LogP contribution in [-0.2, 0) is 11.3 Å². The molecule has 21 heavy (non-hydrogen) atoms. The molecule has 1 atom stereocenters. The van der Waals surface area contributed by atoms with Crippen molar-refractivity contribution < 1.29 is 9.13 Å². The van der Waals surface area contributed by atoms with Crippen molar-refractivity contribution in [3.05, 3.63) is 29.6 Å². The van der Waals surface area contributed by atoms with Crippen molar-refractivity contribution in [1.82, 2.24) is 5.32 Å². The smallest absolute Gasteiger partial charge is 0.123 e. The Labute approximate surface area is 127 Å². The molecule has 3 nitrogen and oxygen atoms in total. The number of rotatable bonds is 7. The number of benzene rings is 1. The Hall–Kier alpha value is -1.13. The first-order chi connectivity index (χ1) is 10.2. The Morgan fingerprint density at radius 2 is 2.29 bits per heavy atom. The fourth-order valence-corrected chi connectivity index (χ4v) is 3.02. The fourth-order valence-electron chi connectivity index (χ4n) is 3.02. The van der Waals surface area contributed by atoms with Gasteiger partial charge in [-0.25, -0.2) is 4.39 Å². The van der Waals surface area contributed by atoms with Crippen LogP contribution in [0, 0.1) is 11.7 Å². The highest BCUT2D eigenvalue weighted by Gasteiger charge is 2.20. The molecule has 1 aromatic carbocycles. The molecule has 2 rings (SSSR count). The van der Waals surface area contributed by atoms with Gasteiger partial charge in [0.1, 0.15) is 5.82 Å². The number of hydrogen-bond acceptors (Lipinski definition) is 3. The van der Waals surface area contributed by atoms with Gasteiger partial charge in [-0.2, -0.15) is 0 Å². The summed E-state index contributed by atoms with van der Waals surface area (Å²) in [6.07, 6.45) is 3.77. The fraction of sp³-hybridized carbons (Fsp3) is 0.647. The molecule has 0 amide bonds. The van der Waals surface area contributed by atoms with E-state index in [0.29, 0.717) is 13.2 Å². The number of nitrogens with one attached hydrogen (secondary N) is 1. The molecule has 1 heterocycles. The van der Waals surface area contributed by atoms with Gasteiger partial charge in [-0.15, -0.1) is 0 Å². The highest BCUT2D eigenvalue weighted by atomic mass is 19.1. The second kappa shape index (κ2) is 8.35. The van der Waals surface area contributed by atoms with E-state index in [4.69, 9.17) is 4.74 Å². The van der Waals surface area contributed by atoms with Crippen LogP contribution in [-0.4, -0.2) is 33.4 Å². The van der Waals surface area contributed by atoms with Gasteiger partial charge >= 0.3 is 0 Å². The predicted molar refractivity (Wildman–Crippen MR) is 85.2 cm³/mol. The molecule has 1 N–H and O–H groups in total. The number of anilines is 1. The van der Waals surface area contributed by atoms with Crippen LogP contribution >= 0.6 is 0 Å². The van der Waals surface area contributed by atoms with Crippen LogP contribution in [0.1, 0.15) is 31.7 Å². The largest absolute Gasteiger partial charge is 0.383 e. The van der Waals surface area contributed by atoms with E-state index < -0.39 is 0 Å². The second-order valence-electron chi connectivity index (χ2n) is 5.81. The lowest BCUT2D eigenvalue weighted by Gasteiger charge is -2.35. The number of methoxy groups -OCH3 is 1. The van der Waals surface area contributed by atoms with Crippen LogP contribution in [0.4, 0.5) is 10.1 Å². The van der Waals surface area contributed by atoms with E-state index >= 15 is 0 Å². The molecule has 0 bridgehead atoms. The minimum absolute atomic E-state index is 0.161. The highest BCUT2D eigenvalue weighted by molar-refractivity contribution is 5.54. The summed E-state index contributed by atoms with van der Waals surface area (Å²) in [4.78, 5) is 2.42. The van der Waals surface area contributed by atoms with E-state index in [1.54, 1.807) is 19.2 Å². The van der Waals surface area contributed by atoms with Crippen molar-refractivity contribution in [3.8, 4) is 0 Å². The summed E-state index contributed by atoms with van der Waals surface area (Å²) in [5, 5.41) is 3.32. The molecule has 118 valence electrons. The maximum atomic E-state index is 13.6. The van der Waals surface area contributed by atoms with Crippen molar-refractivity contribution in [2.24, 2.45) is 5.92 Å². The lowest BCUT2D eigenvalue weighted by molar-refractivity contribution is 0.199. The van der Waals surface area contributed by atoms with Crippen LogP contribution < -0.4 is 10.2 Å². The minimum atomic E-state index is -0.161. The van der Waals surface area contributed by atoms with Crippen LogP contribution in [0.2, 0.25) is 0 Å². The number of hydrogen-bond donors (Lipinski definition) is 1. The van der Waals surface area contributed by atoms with E-state index in [9.17, 15) is 4.39 Å². The van der Waals surface area contributed by atoms with E-state index in [-0.39, 0.29) is 5.82 Å². The third-order valence-electron chi connectivity index (χ3n) is 4.28. The topological polar surface area (TPSA) is 24.5 Å². The Balaban J connectivity index is 2.06. The Morgan fingerprint density at radius 1 is 1.43 bits per heavy atom. The van der Waals surface area contributed by atoms with Crippen LogP contribution in [0.5, 0.6) is 0 Å². The molecule has 1 unspecified atom stereocenters. The molecule has 1 fully saturated rings. The molecule has 1 aliphatic rings. The number of ether oxygens (including phenoxy) is 1. The van der Waals surface area contributed by atoms with Gasteiger partial charge in [0.2, 0.25) is 0 Å². The summed E-state index contributed by atoms with van der Waals surface area (Å²) in [6, 6.07) is 5.16. The molecule has 0 spiro atoms. The Morgan fingerprint density at radius 3 is 3.05 bits per heavy atom. The summed E-state index contributed by atoms with van der Waals surface area (Å²) in [5.74, 6) is 0.601. The quantitative estimate of drug-likeness (QED) is 0.782. The van der Waals surface area contributed by atoms with Gasteiger partial charge < -0.3 is 15.0 Å². The normalized spacial score (nSPS) is 19.0. The van der Waals surface area contributed by atoms with Crippen molar-refractivity contribution >= 4 is 5.69 Å². The van der Waals surface area contributed by atoms with Crippen LogP contribution in [0.3, 0.4) is 0 Å². The van der Waals surface area contributed by atoms with Crippen molar-refractivity contribution in [2.75, 3.05) is 38.3 Å². The zero-order valence-electron chi connectivity index (χ0n) is 13.2. The van der Waals surface area contributed by atoms with E-state index in [2.05, 4.69) is 17.1 Å². The summed E-state index contributed by atoms with van der Waals surface area (Å²) in [6.45, 7) is 6.56. The Kier molecular flexibility index (Phi) is 6.46. The zero-order valence-corrected chi connectivity index (χ0v) is 13.2. The van der Waals surface area contributed by atoms with Gasteiger partial charge in [-0.05, 0) is 42.5 Å². The molecule has 4 heteroatoms. The van der Waals surface area contributed by atoms with Gasteiger partial charge in [0.05, 0.1) is 6.61 Å². The molecule has 1 saturated heterocycles. The third-order valence-corrected chi connectivity index (χ3v) is 4.28. The van der Waals surface area contributed by atoms with Gasteiger partial charge in [-0.1, -0.05) is 13.3 Å². The highest BCUT2D eigenvalue weighted by Crippen LogP contribution is 2.28. The number of nitrogens with zero attached hydrogens (tertiary/aromatic N) is 1. The first-order valence-corrected chi connectivity index (χ1v) is 7.97. The monoisotopic (exact) mass is 294 g/mol. The molecule has 1 aromatic rings. The van der Waals surface area contributed by atoms with Crippen LogP contribution in [0.25, 0.3) is 0 Å². The second-order valence-corrected chi connectivity index (χ2v) is 5.81. The van der Waals surface area contributed by atoms with E-state index in [1.807, 2.05) is 6.07 Å².